The highest BCUT2D eigenvalue weighted by molar-refractivity contribution is 5.71. The van der Waals surface area contributed by atoms with Crippen LogP contribution in [0.1, 0.15) is 233 Å². The summed E-state index contributed by atoms with van der Waals surface area (Å²) in [7, 11) is 0. The molecule has 0 aliphatic rings. The van der Waals surface area contributed by atoms with Crippen molar-refractivity contribution in [1.82, 2.24) is 0 Å². The van der Waals surface area contributed by atoms with Gasteiger partial charge in [0.25, 0.3) is 0 Å². The molecule has 0 bridgehead atoms. The summed E-state index contributed by atoms with van der Waals surface area (Å²) in [5.41, 5.74) is 0. The Hall–Kier alpha value is -3.15. The maximum atomic E-state index is 12.8. The predicted molar refractivity (Wildman–Crippen MR) is 256 cm³/mol. The Morgan fingerprint density at radius 1 is 0.350 bits per heavy atom. The minimum Gasteiger partial charge on any atom is -0.462 e. The maximum Gasteiger partial charge on any atom is 0.306 e. The molecule has 0 N–H and O–H groups in total. The summed E-state index contributed by atoms with van der Waals surface area (Å²) in [6, 6.07) is 0. The van der Waals surface area contributed by atoms with E-state index in [0.717, 1.165) is 89.9 Å². The monoisotopic (exact) mass is 837 g/mol. The first-order valence-electron chi connectivity index (χ1n) is 24.9. The number of ether oxygens (including phenoxy) is 3. The molecule has 6 heteroatoms. The molecule has 1 unspecified atom stereocenters. The molecule has 0 heterocycles. The summed E-state index contributed by atoms with van der Waals surface area (Å²) in [6.07, 6.45) is 60.3. The molecular formula is C54H92O6. The third-order valence-corrected chi connectivity index (χ3v) is 10.4. The molecule has 0 spiro atoms. The molecule has 0 rings (SSSR count). The molecule has 6 nitrogen and oxygen atoms in total. The van der Waals surface area contributed by atoms with Crippen molar-refractivity contribution in [1.29, 1.82) is 0 Å². The molecule has 0 amide bonds. The molecule has 0 aromatic heterocycles. The molecule has 0 saturated heterocycles. The average Bonchev–Trinajstić information content (AvgIpc) is 3.24. The summed E-state index contributed by atoms with van der Waals surface area (Å²) in [5, 5.41) is 0. The van der Waals surface area contributed by atoms with E-state index in [4.69, 9.17) is 14.2 Å². The van der Waals surface area contributed by atoms with Crippen LogP contribution in [0.2, 0.25) is 0 Å². The molecule has 0 saturated carbocycles. The van der Waals surface area contributed by atoms with Gasteiger partial charge in [0.15, 0.2) is 6.10 Å². The van der Waals surface area contributed by atoms with Crippen LogP contribution in [0.15, 0.2) is 72.9 Å². The van der Waals surface area contributed by atoms with Gasteiger partial charge in [0, 0.05) is 19.3 Å². The lowest BCUT2D eigenvalue weighted by Gasteiger charge is -2.18. The van der Waals surface area contributed by atoms with Crippen LogP contribution >= 0.6 is 0 Å². The SMILES string of the molecule is CC/C=C\C/C=C\C/C=C\CCCCCCC(=O)OC(COC(=O)CCC/C=C\C/C=C\C/C=C\CCCCCCCC)COC(=O)CCCCCCCCCCCCC. The molecule has 0 aromatic rings. The molecule has 0 aliphatic heterocycles. The number of allylic oxidation sites excluding steroid dienone is 12. The van der Waals surface area contributed by atoms with Gasteiger partial charge in [-0.05, 0) is 83.5 Å². The van der Waals surface area contributed by atoms with Crippen LogP contribution in [0.5, 0.6) is 0 Å². The number of rotatable bonds is 44. The third kappa shape index (κ3) is 45.9. The van der Waals surface area contributed by atoms with Crippen molar-refractivity contribution in [3.8, 4) is 0 Å². The quantitative estimate of drug-likeness (QED) is 0.0263. The smallest absolute Gasteiger partial charge is 0.306 e. The van der Waals surface area contributed by atoms with Gasteiger partial charge in [-0.3, -0.25) is 14.4 Å². The Kier molecular flexibility index (Phi) is 46.0. The normalized spacial score (nSPS) is 12.7. The zero-order valence-corrected chi connectivity index (χ0v) is 39.2. The lowest BCUT2D eigenvalue weighted by atomic mass is 10.1. The molecule has 0 aliphatic carbocycles. The van der Waals surface area contributed by atoms with Crippen LogP contribution in [0.25, 0.3) is 0 Å². The first-order valence-corrected chi connectivity index (χ1v) is 24.9. The highest BCUT2D eigenvalue weighted by Gasteiger charge is 2.19. The summed E-state index contributed by atoms with van der Waals surface area (Å²) >= 11 is 0. The number of hydrogen-bond donors (Lipinski definition) is 0. The topological polar surface area (TPSA) is 78.9 Å². The number of esters is 3. The van der Waals surface area contributed by atoms with E-state index in [0.29, 0.717) is 19.3 Å². The van der Waals surface area contributed by atoms with E-state index in [1.165, 1.54) is 96.3 Å². The van der Waals surface area contributed by atoms with Crippen LogP contribution in [0, 0.1) is 0 Å². The van der Waals surface area contributed by atoms with Crippen LogP contribution in [0.4, 0.5) is 0 Å². The van der Waals surface area contributed by atoms with E-state index in [1.807, 2.05) is 0 Å². The average molecular weight is 837 g/mol. The van der Waals surface area contributed by atoms with Gasteiger partial charge in [0.1, 0.15) is 13.2 Å². The van der Waals surface area contributed by atoms with E-state index >= 15 is 0 Å². The van der Waals surface area contributed by atoms with E-state index in [9.17, 15) is 14.4 Å². The van der Waals surface area contributed by atoms with E-state index in [-0.39, 0.29) is 37.5 Å². The van der Waals surface area contributed by atoms with Crippen molar-refractivity contribution in [2.45, 2.75) is 239 Å². The third-order valence-electron chi connectivity index (χ3n) is 10.4. The Morgan fingerprint density at radius 3 is 1.08 bits per heavy atom. The van der Waals surface area contributed by atoms with Gasteiger partial charge in [-0.1, -0.05) is 203 Å². The second kappa shape index (κ2) is 48.5. The molecule has 0 aromatic carbocycles. The van der Waals surface area contributed by atoms with Crippen molar-refractivity contribution in [3.63, 3.8) is 0 Å². The number of unbranched alkanes of at least 4 members (excludes halogenated alkanes) is 21. The number of carbonyl (C=O) groups is 3. The van der Waals surface area contributed by atoms with Crippen LogP contribution < -0.4 is 0 Å². The van der Waals surface area contributed by atoms with Gasteiger partial charge in [0.2, 0.25) is 0 Å². The van der Waals surface area contributed by atoms with Gasteiger partial charge in [0.05, 0.1) is 0 Å². The zero-order chi connectivity index (χ0) is 43.7. The minimum absolute atomic E-state index is 0.0992. The standard InChI is InChI=1S/C54H92O6/c1-4-7-10-13-16-19-22-24-26-27-28-30-32-35-38-41-44-47-53(56)59-50-51(49-58-52(55)46-43-40-37-34-31-21-18-15-12-9-6-3)60-54(57)48-45-42-39-36-33-29-25-23-20-17-14-11-8-5-2/h8,11,17,20,24-26,28-30,35,38,51H,4-7,9-10,12-16,18-19,21-23,27,31-34,36-37,39-50H2,1-3H3/b11-8-,20-17-,26-24-,29-25-,30-28-,38-35-. The van der Waals surface area contributed by atoms with Crippen molar-refractivity contribution in [2.24, 2.45) is 0 Å². The van der Waals surface area contributed by atoms with Crippen molar-refractivity contribution in [3.05, 3.63) is 72.9 Å². The summed E-state index contributed by atoms with van der Waals surface area (Å²) < 4.78 is 16.7. The Balaban J connectivity index is 4.48. The lowest BCUT2D eigenvalue weighted by Crippen LogP contribution is -2.30. The number of hydrogen-bond acceptors (Lipinski definition) is 6. The van der Waals surface area contributed by atoms with Crippen LogP contribution in [-0.4, -0.2) is 37.2 Å². The van der Waals surface area contributed by atoms with E-state index in [2.05, 4.69) is 93.7 Å². The molecule has 60 heavy (non-hydrogen) atoms. The number of carbonyl (C=O) groups excluding carboxylic acids is 3. The molecule has 0 fully saturated rings. The Morgan fingerprint density at radius 2 is 0.667 bits per heavy atom. The van der Waals surface area contributed by atoms with Gasteiger partial charge in [-0.2, -0.15) is 0 Å². The maximum absolute atomic E-state index is 12.8. The zero-order valence-electron chi connectivity index (χ0n) is 39.2. The predicted octanol–water partition coefficient (Wildman–Crippen LogP) is 16.3. The van der Waals surface area contributed by atoms with E-state index < -0.39 is 6.10 Å². The Labute approximate surface area is 370 Å². The fourth-order valence-corrected chi connectivity index (χ4v) is 6.71. The van der Waals surface area contributed by atoms with Gasteiger partial charge >= 0.3 is 17.9 Å². The molecular weight excluding hydrogens is 745 g/mol. The van der Waals surface area contributed by atoms with Crippen molar-refractivity contribution >= 4 is 17.9 Å². The highest BCUT2D eigenvalue weighted by atomic mass is 16.6. The van der Waals surface area contributed by atoms with Crippen LogP contribution in [0.3, 0.4) is 0 Å². The largest absolute Gasteiger partial charge is 0.462 e. The van der Waals surface area contributed by atoms with Crippen molar-refractivity contribution < 1.29 is 28.6 Å². The minimum atomic E-state index is -0.804. The fraction of sp³-hybridized carbons (Fsp3) is 0.722. The molecule has 0 radical (unpaired) electrons. The first kappa shape index (κ1) is 56.9. The summed E-state index contributed by atoms with van der Waals surface area (Å²) in [5.74, 6) is -0.978. The summed E-state index contributed by atoms with van der Waals surface area (Å²) in [4.78, 5) is 37.8. The first-order chi connectivity index (χ1) is 29.5. The van der Waals surface area contributed by atoms with Crippen molar-refractivity contribution in [2.75, 3.05) is 13.2 Å². The second-order valence-corrected chi connectivity index (χ2v) is 16.3. The fourth-order valence-electron chi connectivity index (χ4n) is 6.71. The van der Waals surface area contributed by atoms with Gasteiger partial charge in [-0.25, -0.2) is 0 Å². The second-order valence-electron chi connectivity index (χ2n) is 16.3. The van der Waals surface area contributed by atoms with Gasteiger partial charge < -0.3 is 14.2 Å². The lowest BCUT2D eigenvalue weighted by molar-refractivity contribution is -0.167. The molecule has 344 valence electrons. The van der Waals surface area contributed by atoms with E-state index in [1.54, 1.807) is 0 Å². The van der Waals surface area contributed by atoms with Crippen LogP contribution in [-0.2, 0) is 28.6 Å². The highest BCUT2D eigenvalue weighted by Crippen LogP contribution is 2.14. The summed E-state index contributed by atoms with van der Waals surface area (Å²) in [6.45, 7) is 6.44. The molecule has 1 atom stereocenters. The Bertz CT molecular complexity index is 1140. The van der Waals surface area contributed by atoms with Gasteiger partial charge in [-0.15, -0.1) is 0 Å².